The van der Waals surface area contributed by atoms with E-state index in [1.807, 2.05) is 12.1 Å². The minimum absolute atomic E-state index is 0.160. The summed E-state index contributed by atoms with van der Waals surface area (Å²) in [6.45, 7) is 7.50. The predicted octanol–water partition coefficient (Wildman–Crippen LogP) is 4.58. The van der Waals surface area contributed by atoms with E-state index in [-0.39, 0.29) is 12.1 Å². The van der Waals surface area contributed by atoms with Crippen molar-refractivity contribution in [3.63, 3.8) is 0 Å². The molecule has 0 bridgehead atoms. The SMILES string of the molecule is CCCNC(Cc1ccc(Cl)cc1Cl)C(OC)C(C)C. The molecule has 2 unspecified atom stereocenters. The van der Waals surface area contributed by atoms with Crippen LogP contribution < -0.4 is 5.32 Å². The lowest BCUT2D eigenvalue weighted by Crippen LogP contribution is -2.45. The van der Waals surface area contributed by atoms with Crippen molar-refractivity contribution in [3.8, 4) is 0 Å². The third-order valence-corrected chi connectivity index (χ3v) is 4.02. The summed E-state index contributed by atoms with van der Waals surface area (Å²) >= 11 is 12.2. The smallest absolute Gasteiger partial charge is 0.0750 e. The van der Waals surface area contributed by atoms with Gasteiger partial charge in [0.2, 0.25) is 0 Å². The normalized spacial score (nSPS) is 14.6. The fourth-order valence-corrected chi connectivity index (χ4v) is 2.95. The molecule has 0 aliphatic carbocycles. The number of methoxy groups -OCH3 is 1. The van der Waals surface area contributed by atoms with Crippen molar-refractivity contribution in [2.45, 2.75) is 45.8 Å². The first-order valence-corrected chi connectivity index (χ1v) is 7.95. The molecular weight excluding hydrogens is 293 g/mol. The first-order chi connectivity index (χ1) is 9.49. The van der Waals surface area contributed by atoms with Gasteiger partial charge in [0.05, 0.1) is 6.10 Å². The zero-order valence-electron chi connectivity index (χ0n) is 12.7. The second-order valence-corrected chi connectivity index (χ2v) is 6.29. The first kappa shape index (κ1) is 17.8. The summed E-state index contributed by atoms with van der Waals surface area (Å²) in [5.41, 5.74) is 1.10. The Morgan fingerprint density at radius 1 is 1.25 bits per heavy atom. The summed E-state index contributed by atoms with van der Waals surface area (Å²) in [7, 11) is 1.77. The molecule has 0 aromatic heterocycles. The van der Waals surface area contributed by atoms with E-state index in [2.05, 4.69) is 26.1 Å². The van der Waals surface area contributed by atoms with E-state index < -0.39 is 0 Å². The molecule has 1 aromatic carbocycles. The van der Waals surface area contributed by atoms with E-state index in [1.165, 1.54) is 0 Å². The second kappa shape index (κ2) is 8.89. The van der Waals surface area contributed by atoms with Crippen LogP contribution in [0, 0.1) is 5.92 Å². The third-order valence-electron chi connectivity index (χ3n) is 3.44. The highest BCUT2D eigenvalue weighted by atomic mass is 35.5. The molecule has 2 atom stereocenters. The molecule has 20 heavy (non-hydrogen) atoms. The van der Waals surface area contributed by atoms with Crippen molar-refractivity contribution >= 4 is 23.2 Å². The van der Waals surface area contributed by atoms with E-state index in [9.17, 15) is 0 Å². The Labute approximate surface area is 132 Å². The molecule has 2 nitrogen and oxygen atoms in total. The summed E-state index contributed by atoms with van der Waals surface area (Å²) in [5, 5.41) is 4.97. The van der Waals surface area contributed by atoms with Gasteiger partial charge in [-0.05, 0) is 43.0 Å². The van der Waals surface area contributed by atoms with Gasteiger partial charge in [0.15, 0.2) is 0 Å². The highest BCUT2D eigenvalue weighted by molar-refractivity contribution is 6.35. The van der Waals surface area contributed by atoms with Crippen LogP contribution in [0.2, 0.25) is 10.0 Å². The molecule has 4 heteroatoms. The van der Waals surface area contributed by atoms with Gasteiger partial charge in [-0.15, -0.1) is 0 Å². The van der Waals surface area contributed by atoms with Gasteiger partial charge in [-0.2, -0.15) is 0 Å². The first-order valence-electron chi connectivity index (χ1n) is 7.19. The fraction of sp³-hybridized carbons (Fsp3) is 0.625. The number of ether oxygens (including phenoxy) is 1. The van der Waals surface area contributed by atoms with Gasteiger partial charge in [-0.25, -0.2) is 0 Å². The van der Waals surface area contributed by atoms with Crippen LogP contribution in [0.4, 0.5) is 0 Å². The summed E-state index contributed by atoms with van der Waals surface area (Å²) in [5.74, 6) is 0.445. The van der Waals surface area contributed by atoms with Crippen molar-refractivity contribution < 1.29 is 4.74 Å². The molecule has 0 aliphatic rings. The Kier molecular flexibility index (Phi) is 7.90. The standard InChI is InChI=1S/C16H25Cl2NO/c1-5-8-19-15(16(20-4)11(2)3)9-12-6-7-13(17)10-14(12)18/h6-7,10-11,15-16,19H,5,8-9H2,1-4H3. The Morgan fingerprint density at radius 2 is 1.95 bits per heavy atom. The molecule has 0 saturated carbocycles. The van der Waals surface area contributed by atoms with Crippen LogP contribution in [-0.2, 0) is 11.2 Å². The summed E-state index contributed by atoms with van der Waals surface area (Å²) in [6.07, 6.45) is 2.10. The zero-order valence-corrected chi connectivity index (χ0v) is 14.3. The Hall–Kier alpha value is -0.280. The maximum Gasteiger partial charge on any atom is 0.0750 e. The van der Waals surface area contributed by atoms with Crippen LogP contribution in [0.1, 0.15) is 32.8 Å². The van der Waals surface area contributed by atoms with E-state index >= 15 is 0 Å². The lowest BCUT2D eigenvalue weighted by Gasteiger charge is -2.30. The highest BCUT2D eigenvalue weighted by Crippen LogP contribution is 2.24. The topological polar surface area (TPSA) is 21.3 Å². The van der Waals surface area contributed by atoms with E-state index in [0.29, 0.717) is 10.9 Å². The average Bonchev–Trinajstić information content (AvgIpc) is 2.39. The molecular formula is C16H25Cl2NO. The molecule has 1 aromatic rings. The lowest BCUT2D eigenvalue weighted by molar-refractivity contribution is 0.0333. The largest absolute Gasteiger partial charge is 0.380 e. The van der Waals surface area contributed by atoms with Crippen LogP contribution >= 0.6 is 23.2 Å². The minimum atomic E-state index is 0.160. The van der Waals surface area contributed by atoms with Gasteiger partial charge in [0.1, 0.15) is 0 Å². The van der Waals surface area contributed by atoms with Crippen LogP contribution in [0.3, 0.4) is 0 Å². The molecule has 0 amide bonds. The predicted molar refractivity (Wildman–Crippen MR) is 87.9 cm³/mol. The maximum atomic E-state index is 6.28. The van der Waals surface area contributed by atoms with Crippen LogP contribution in [0.15, 0.2) is 18.2 Å². The van der Waals surface area contributed by atoms with Crippen molar-refractivity contribution in [2.75, 3.05) is 13.7 Å². The van der Waals surface area contributed by atoms with Gasteiger partial charge in [-0.1, -0.05) is 50.0 Å². The molecule has 0 fully saturated rings. The number of hydrogen-bond donors (Lipinski definition) is 1. The minimum Gasteiger partial charge on any atom is -0.380 e. The van der Waals surface area contributed by atoms with Crippen LogP contribution in [0.25, 0.3) is 0 Å². The Bertz CT molecular complexity index is 409. The fourth-order valence-electron chi connectivity index (χ4n) is 2.46. The van der Waals surface area contributed by atoms with Crippen LogP contribution in [-0.4, -0.2) is 25.8 Å². The van der Waals surface area contributed by atoms with Gasteiger partial charge in [0.25, 0.3) is 0 Å². The molecule has 0 heterocycles. The molecule has 1 N–H and O–H groups in total. The number of nitrogens with one attached hydrogen (secondary N) is 1. The average molecular weight is 318 g/mol. The summed E-state index contributed by atoms with van der Waals surface area (Å²) in [6, 6.07) is 5.93. The van der Waals surface area contributed by atoms with Crippen molar-refractivity contribution in [1.29, 1.82) is 0 Å². The molecule has 1 rings (SSSR count). The van der Waals surface area contributed by atoms with E-state index in [4.69, 9.17) is 27.9 Å². The lowest BCUT2D eigenvalue weighted by atomic mass is 9.93. The van der Waals surface area contributed by atoms with Crippen molar-refractivity contribution in [2.24, 2.45) is 5.92 Å². The van der Waals surface area contributed by atoms with Crippen LogP contribution in [0.5, 0.6) is 0 Å². The Balaban J connectivity index is 2.87. The highest BCUT2D eigenvalue weighted by Gasteiger charge is 2.24. The van der Waals surface area contributed by atoms with Gasteiger partial charge in [0, 0.05) is 23.2 Å². The maximum absolute atomic E-state index is 6.28. The summed E-state index contributed by atoms with van der Waals surface area (Å²) in [4.78, 5) is 0. The molecule has 0 aliphatic heterocycles. The molecule has 114 valence electrons. The third kappa shape index (κ3) is 5.25. The number of halogens is 2. The summed E-state index contributed by atoms with van der Waals surface area (Å²) < 4.78 is 5.68. The molecule has 0 spiro atoms. The van der Waals surface area contributed by atoms with E-state index in [1.54, 1.807) is 13.2 Å². The quantitative estimate of drug-likeness (QED) is 0.758. The second-order valence-electron chi connectivity index (χ2n) is 5.44. The Morgan fingerprint density at radius 3 is 2.45 bits per heavy atom. The number of benzene rings is 1. The van der Waals surface area contributed by atoms with Crippen molar-refractivity contribution in [1.82, 2.24) is 5.32 Å². The van der Waals surface area contributed by atoms with Crippen molar-refractivity contribution in [3.05, 3.63) is 33.8 Å². The molecule has 0 radical (unpaired) electrons. The van der Waals surface area contributed by atoms with E-state index in [0.717, 1.165) is 30.0 Å². The van der Waals surface area contributed by atoms with Gasteiger partial charge < -0.3 is 10.1 Å². The van der Waals surface area contributed by atoms with Gasteiger partial charge in [-0.3, -0.25) is 0 Å². The monoisotopic (exact) mass is 317 g/mol. The zero-order chi connectivity index (χ0) is 15.1. The number of rotatable bonds is 8. The molecule has 0 saturated heterocycles. The van der Waals surface area contributed by atoms with Gasteiger partial charge >= 0.3 is 0 Å². The number of hydrogen-bond acceptors (Lipinski definition) is 2.